The summed E-state index contributed by atoms with van der Waals surface area (Å²) in [5.41, 5.74) is 0. The van der Waals surface area contributed by atoms with Crippen molar-refractivity contribution in [3.63, 3.8) is 0 Å². The summed E-state index contributed by atoms with van der Waals surface area (Å²) in [6.45, 7) is 7.71. The van der Waals surface area contributed by atoms with Crippen LogP contribution in [0.3, 0.4) is 0 Å². The Balaban J connectivity index is 4.07. The molecule has 0 bridgehead atoms. The maximum Gasteiger partial charge on any atom is 0.313 e. The van der Waals surface area contributed by atoms with Crippen LogP contribution in [0.1, 0.15) is 33.6 Å². The first-order chi connectivity index (χ1) is 8.04. The van der Waals surface area contributed by atoms with Crippen LogP contribution in [0.2, 0.25) is 0 Å². The third-order valence-corrected chi connectivity index (χ3v) is 3.72. The van der Waals surface area contributed by atoms with Gasteiger partial charge in [0, 0.05) is 13.1 Å². The zero-order valence-electron chi connectivity index (χ0n) is 10.9. The third kappa shape index (κ3) is 7.26. The van der Waals surface area contributed by atoms with Crippen LogP contribution in [0.15, 0.2) is 0 Å². The number of hydrogen-bond donors (Lipinski definition) is 1. The number of carbonyl (C=O) groups is 2. The maximum absolute atomic E-state index is 11.8. The van der Waals surface area contributed by atoms with Gasteiger partial charge in [-0.25, -0.2) is 0 Å². The van der Waals surface area contributed by atoms with Crippen LogP contribution in [0.4, 0.5) is 0 Å². The first kappa shape index (κ1) is 16.3. The van der Waals surface area contributed by atoms with E-state index >= 15 is 0 Å². The van der Waals surface area contributed by atoms with Gasteiger partial charge in [-0.3, -0.25) is 9.59 Å². The largest absolute Gasteiger partial charge is 0.481 e. The number of rotatable bonds is 9. The number of carboxylic acid groups (broad SMARTS) is 1. The summed E-state index contributed by atoms with van der Waals surface area (Å²) in [5, 5.41) is 8.50. The second-order valence-corrected chi connectivity index (χ2v) is 4.99. The number of hydrogen-bond acceptors (Lipinski definition) is 3. The van der Waals surface area contributed by atoms with Crippen molar-refractivity contribution in [1.82, 2.24) is 4.90 Å². The molecule has 0 aliphatic carbocycles. The number of carboxylic acids is 1. The predicted molar refractivity (Wildman–Crippen MR) is 71.3 cm³/mol. The standard InChI is InChI=1S/C12H23NO3S/c1-4-10(5-2)7-13(6-3)11(14)8-17-9-12(15)16/h10H,4-9H2,1-3H3,(H,15,16). The molecule has 0 aromatic carbocycles. The Morgan fingerprint density at radius 1 is 1.18 bits per heavy atom. The molecule has 0 unspecified atom stereocenters. The lowest BCUT2D eigenvalue weighted by molar-refractivity contribution is -0.133. The average molecular weight is 261 g/mol. The minimum absolute atomic E-state index is 0.00568. The molecule has 0 aliphatic heterocycles. The molecule has 0 aliphatic rings. The predicted octanol–water partition coefficient (Wildman–Crippen LogP) is 2.09. The van der Waals surface area contributed by atoms with E-state index in [1.165, 1.54) is 0 Å². The Morgan fingerprint density at radius 2 is 1.76 bits per heavy atom. The van der Waals surface area contributed by atoms with E-state index in [-0.39, 0.29) is 17.4 Å². The number of aliphatic carboxylic acids is 1. The molecule has 1 N–H and O–H groups in total. The average Bonchev–Trinajstić information content (AvgIpc) is 2.30. The molecule has 0 fully saturated rings. The number of carbonyl (C=O) groups excluding carboxylic acids is 1. The van der Waals surface area contributed by atoms with Gasteiger partial charge in [0.05, 0.1) is 11.5 Å². The fourth-order valence-corrected chi connectivity index (χ4v) is 2.22. The fourth-order valence-electron chi connectivity index (χ4n) is 1.58. The van der Waals surface area contributed by atoms with Crippen LogP contribution in [0, 0.1) is 5.92 Å². The summed E-state index contributed by atoms with van der Waals surface area (Å²) in [6, 6.07) is 0. The van der Waals surface area contributed by atoms with Crippen LogP contribution in [-0.4, -0.2) is 46.5 Å². The molecule has 100 valence electrons. The van der Waals surface area contributed by atoms with Crippen molar-refractivity contribution in [2.24, 2.45) is 5.92 Å². The van der Waals surface area contributed by atoms with Crippen molar-refractivity contribution in [3.8, 4) is 0 Å². The van der Waals surface area contributed by atoms with E-state index in [0.29, 0.717) is 12.5 Å². The summed E-state index contributed by atoms with van der Waals surface area (Å²) in [7, 11) is 0. The van der Waals surface area contributed by atoms with Crippen LogP contribution in [0.5, 0.6) is 0 Å². The third-order valence-electron chi connectivity index (χ3n) is 2.82. The van der Waals surface area contributed by atoms with E-state index in [4.69, 9.17) is 5.11 Å². The van der Waals surface area contributed by atoms with Crippen molar-refractivity contribution < 1.29 is 14.7 Å². The van der Waals surface area contributed by atoms with Gasteiger partial charge in [-0.05, 0) is 12.8 Å². The first-order valence-electron chi connectivity index (χ1n) is 6.12. The quantitative estimate of drug-likeness (QED) is 0.690. The van der Waals surface area contributed by atoms with Crippen LogP contribution in [-0.2, 0) is 9.59 Å². The topological polar surface area (TPSA) is 57.6 Å². The Bertz CT molecular complexity index is 242. The molecule has 0 atom stereocenters. The lowest BCUT2D eigenvalue weighted by atomic mass is 10.0. The van der Waals surface area contributed by atoms with Gasteiger partial charge in [-0.15, -0.1) is 11.8 Å². The maximum atomic E-state index is 11.8. The molecule has 1 amide bonds. The monoisotopic (exact) mass is 261 g/mol. The van der Waals surface area contributed by atoms with Crippen LogP contribution in [0.25, 0.3) is 0 Å². The van der Waals surface area contributed by atoms with Gasteiger partial charge in [0.1, 0.15) is 0 Å². The summed E-state index contributed by atoms with van der Waals surface area (Å²) in [5.74, 6) is -0.0194. The second kappa shape index (κ2) is 9.33. The Labute approximate surface area is 108 Å². The van der Waals surface area contributed by atoms with E-state index in [1.54, 1.807) is 0 Å². The van der Waals surface area contributed by atoms with Crippen LogP contribution >= 0.6 is 11.8 Å². The molecule has 4 nitrogen and oxygen atoms in total. The van der Waals surface area contributed by atoms with E-state index in [2.05, 4.69) is 13.8 Å². The minimum atomic E-state index is -0.870. The summed E-state index contributed by atoms with van der Waals surface area (Å²) in [4.78, 5) is 24.0. The summed E-state index contributed by atoms with van der Waals surface area (Å²) < 4.78 is 0. The molecule has 0 radical (unpaired) electrons. The van der Waals surface area contributed by atoms with Crippen molar-refractivity contribution in [2.45, 2.75) is 33.6 Å². The highest BCUT2D eigenvalue weighted by Gasteiger charge is 2.15. The number of amides is 1. The van der Waals surface area contributed by atoms with E-state index < -0.39 is 5.97 Å². The highest BCUT2D eigenvalue weighted by molar-refractivity contribution is 8.00. The molecule has 0 heterocycles. The molecular formula is C12H23NO3S. The Hall–Kier alpha value is -0.710. The van der Waals surface area contributed by atoms with Crippen molar-refractivity contribution in [1.29, 1.82) is 0 Å². The first-order valence-corrected chi connectivity index (χ1v) is 7.27. The zero-order valence-corrected chi connectivity index (χ0v) is 11.8. The number of thioether (sulfide) groups is 1. The molecule has 0 aromatic rings. The molecule has 0 saturated heterocycles. The molecule has 0 rings (SSSR count). The second-order valence-electron chi connectivity index (χ2n) is 4.00. The smallest absolute Gasteiger partial charge is 0.313 e. The molecule has 0 aromatic heterocycles. The van der Waals surface area contributed by atoms with E-state index in [9.17, 15) is 9.59 Å². The Kier molecular flexibility index (Phi) is 8.94. The summed E-state index contributed by atoms with van der Waals surface area (Å²) >= 11 is 1.16. The van der Waals surface area contributed by atoms with Crippen molar-refractivity contribution >= 4 is 23.6 Å². The van der Waals surface area contributed by atoms with Gasteiger partial charge in [-0.1, -0.05) is 26.7 Å². The van der Waals surface area contributed by atoms with Gasteiger partial charge < -0.3 is 10.0 Å². The normalized spacial score (nSPS) is 10.6. The van der Waals surface area contributed by atoms with E-state index in [1.807, 2.05) is 11.8 Å². The molecule has 0 saturated carbocycles. The van der Waals surface area contributed by atoms with Gasteiger partial charge in [0.2, 0.25) is 5.91 Å². The van der Waals surface area contributed by atoms with Gasteiger partial charge >= 0.3 is 5.97 Å². The lowest BCUT2D eigenvalue weighted by Gasteiger charge is -2.25. The summed E-state index contributed by atoms with van der Waals surface area (Å²) in [6.07, 6.45) is 2.14. The van der Waals surface area contributed by atoms with Gasteiger partial charge in [-0.2, -0.15) is 0 Å². The van der Waals surface area contributed by atoms with Crippen molar-refractivity contribution in [3.05, 3.63) is 0 Å². The highest BCUT2D eigenvalue weighted by atomic mass is 32.2. The van der Waals surface area contributed by atoms with Gasteiger partial charge in [0.25, 0.3) is 0 Å². The zero-order chi connectivity index (χ0) is 13.3. The lowest BCUT2D eigenvalue weighted by Crippen LogP contribution is -2.36. The van der Waals surface area contributed by atoms with Gasteiger partial charge in [0.15, 0.2) is 0 Å². The number of nitrogens with zero attached hydrogens (tertiary/aromatic N) is 1. The SMILES string of the molecule is CCC(CC)CN(CC)C(=O)CSCC(=O)O. The van der Waals surface area contributed by atoms with Crippen molar-refractivity contribution in [2.75, 3.05) is 24.6 Å². The molecule has 5 heteroatoms. The highest BCUT2D eigenvalue weighted by Crippen LogP contribution is 2.11. The molecule has 17 heavy (non-hydrogen) atoms. The Morgan fingerprint density at radius 3 is 2.18 bits per heavy atom. The van der Waals surface area contributed by atoms with Crippen LogP contribution < -0.4 is 0 Å². The van der Waals surface area contributed by atoms with E-state index in [0.717, 1.165) is 31.1 Å². The minimum Gasteiger partial charge on any atom is -0.481 e. The molecule has 0 spiro atoms. The fraction of sp³-hybridized carbons (Fsp3) is 0.833. The molecular weight excluding hydrogens is 238 g/mol.